The molecule has 0 unspecified atom stereocenters. The molecule has 2 aliphatic rings. The Morgan fingerprint density at radius 1 is 0.459 bits per heavy atom. The average Bonchev–Trinajstić information content (AvgIpc) is 0.784. The normalized spacial score (nSPS) is 14.4. The van der Waals surface area contributed by atoms with Gasteiger partial charge in [0, 0.05) is 157 Å². The molecule has 8 aromatic rings. The molecule has 6 aromatic carbocycles. The molecule has 2 aliphatic heterocycles. The van der Waals surface area contributed by atoms with E-state index in [1.165, 1.54) is 0 Å². The number of methoxy groups -OCH3 is 1. The predicted octanol–water partition coefficient (Wildman–Crippen LogP) is 19.1. The van der Waals surface area contributed by atoms with Gasteiger partial charge >= 0.3 is 31.1 Å². The average molecular weight is 1660 g/mol. The third-order valence-corrected chi connectivity index (χ3v) is 23.5. The van der Waals surface area contributed by atoms with Gasteiger partial charge in [-0.05, 0) is 196 Å². The zero-order chi connectivity index (χ0) is 79.6. The number of pyridine rings is 2. The highest BCUT2D eigenvalue weighted by Gasteiger charge is 2.51. The number of unbranched alkanes of at least 4 members (excludes halogenated alkanes) is 5. The SMILES string of the molecule is CCCOCCCNC(=O)CCCCCOc1cc(NC2CCN(S(=O)(=O)C(F)(F)F)CC2)c2cc(C(c3ccc(Cl)cc3)c3ccc(Cl)cc3)ccc2n1.COCCOCCCCC(=O)CCCCCOc1cc(NC2CCN(S(=O)(=O)C(F)(F)F)CC2)c2cc(C(c3ccc(Cl)cc3)c3ccc(Cl)cc3)ccc2n1. The quantitative estimate of drug-likeness (QED) is 0.0185. The van der Waals surface area contributed by atoms with Gasteiger partial charge in [0.15, 0.2) is 0 Å². The van der Waals surface area contributed by atoms with Gasteiger partial charge in [0.05, 0.1) is 37.5 Å². The van der Waals surface area contributed by atoms with E-state index in [1.807, 2.05) is 133 Å². The second-order valence-electron chi connectivity index (χ2n) is 27.4. The van der Waals surface area contributed by atoms with Gasteiger partial charge in [0.2, 0.25) is 17.7 Å². The molecule has 3 N–H and O–H groups in total. The number of rotatable bonds is 40. The van der Waals surface area contributed by atoms with Crippen molar-refractivity contribution in [1.29, 1.82) is 0 Å². The number of carbonyl (C=O) groups is 2. The lowest BCUT2D eigenvalue weighted by atomic mass is 9.84. The van der Waals surface area contributed by atoms with Crippen molar-refractivity contribution in [2.75, 3.05) is 96.7 Å². The summed E-state index contributed by atoms with van der Waals surface area (Å²) < 4.78 is 157. The predicted molar refractivity (Wildman–Crippen MR) is 426 cm³/mol. The molecular weight excluding hydrogens is 1570 g/mol. The molecule has 2 aromatic heterocycles. The van der Waals surface area contributed by atoms with Crippen molar-refractivity contribution in [2.45, 2.75) is 151 Å². The Hall–Kier alpha value is -7.08. The largest absolute Gasteiger partial charge is 0.511 e. The van der Waals surface area contributed by atoms with Gasteiger partial charge in [-0.25, -0.2) is 26.8 Å². The molecule has 0 radical (unpaired) electrons. The van der Waals surface area contributed by atoms with E-state index >= 15 is 0 Å². The van der Waals surface area contributed by atoms with Crippen LogP contribution in [0.2, 0.25) is 20.1 Å². The number of hydrogen-bond acceptors (Lipinski definition) is 15. The molecule has 4 heterocycles. The highest BCUT2D eigenvalue weighted by atomic mass is 35.5. The van der Waals surface area contributed by atoms with Crippen LogP contribution in [0.15, 0.2) is 146 Å². The molecule has 0 atom stereocenters. The minimum atomic E-state index is -5.41. The molecule has 111 heavy (non-hydrogen) atoms. The summed E-state index contributed by atoms with van der Waals surface area (Å²) in [6.07, 6.45) is 10.1. The number of fused-ring (bicyclic) bond motifs is 2. The van der Waals surface area contributed by atoms with E-state index in [0.717, 1.165) is 102 Å². The maximum absolute atomic E-state index is 13.3. The number of hydrogen-bond donors (Lipinski definition) is 3. The van der Waals surface area contributed by atoms with Gasteiger partial charge in [0.25, 0.3) is 0 Å². The summed E-state index contributed by atoms with van der Waals surface area (Å²) >= 11 is 25.0. The van der Waals surface area contributed by atoms with Gasteiger partial charge in [-0.3, -0.25) is 9.59 Å². The molecule has 0 bridgehead atoms. The van der Waals surface area contributed by atoms with E-state index in [9.17, 15) is 52.8 Å². The minimum absolute atomic E-state index is 0.0129. The van der Waals surface area contributed by atoms with Gasteiger partial charge in [-0.2, -0.15) is 35.0 Å². The number of piperidine rings is 2. The highest BCUT2D eigenvalue weighted by Crippen LogP contribution is 2.41. The molecule has 1 amide bonds. The molecule has 30 heteroatoms. The van der Waals surface area contributed by atoms with E-state index < -0.39 is 31.1 Å². The van der Waals surface area contributed by atoms with Gasteiger partial charge in [-0.15, -0.1) is 0 Å². The van der Waals surface area contributed by atoms with Crippen molar-refractivity contribution >= 4 is 111 Å². The molecular formula is C81H95Cl4F6N7O11S2. The summed E-state index contributed by atoms with van der Waals surface area (Å²) in [6, 6.07) is 45.4. The van der Waals surface area contributed by atoms with E-state index in [-0.39, 0.29) is 87.5 Å². The van der Waals surface area contributed by atoms with Gasteiger partial charge < -0.3 is 39.6 Å². The van der Waals surface area contributed by atoms with Crippen LogP contribution in [0.25, 0.3) is 21.8 Å². The zero-order valence-electron chi connectivity index (χ0n) is 62.0. The number of alkyl halides is 6. The first-order valence-electron chi connectivity index (χ1n) is 37.5. The maximum atomic E-state index is 13.3. The van der Waals surface area contributed by atoms with E-state index in [4.69, 9.17) is 80.1 Å². The number of benzene rings is 6. The Balaban J connectivity index is 0.000000255. The number of nitrogens with zero attached hydrogens (tertiary/aromatic N) is 4. The smallest absolute Gasteiger partial charge is 0.478 e. The number of ether oxygens (including phenoxy) is 5. The number of aromatic nitrogens is 2. The Labute approximate surface area is 666 Å². The Kier molecular flexibility index (Phi) is 33.9. The van der Waals surface area contributed by atoms with Crippen molar-refractivity contribution in [3.05, 3.63) is 199 Å². The second-order valence-corrected chi connectivity index (χ2v) is 33.0. The molecule has 2 saturated heterocycles. The lowest BCUT2D eigenvalue weighted by Crippen LogP contribution is -2.47. The third kappa shape index (κ3) is 26.2. The van der Waals surface area contributed by atoms with Crippen LogP contribution in [0.5, 0.6) is 11.8 Å². The molecule has 0 saturated carbocycles. The number of halogens is 10. The van der Waals surface area contributed by atoms with Crippen LogP contribution in [0.3, 0.4) is 0 Å². The molecule has 0 spiro atoms. The molecule has 2 fully saturated rings. The maximum Gasteiger partial charge on any atom is 0.511 e. The van der Waals surface area contributed by atoms with Gasteiger partial charge in [0.1, 0.15) is 5.78 Å². The fourth-order valence-corrected chi connectivity index (χ4v) is 15.8. The van der Waals surface area contributed by atoms with Crippen LogP contribution in [0.1, 0.15) is 161 Å². The minimum Gasteiger partial charge on any atom is -0.478 e. The Morgan fingerprint density at radius 3 is 1.21 bits per heavy atom. The summed E-state index contributed by atoms with van der Waals surface area (Å²) in [6.45, 7) is 5.42. The number of ketones is 1. The number of carbonyl (C=O) groups excluding carboxylic acids is 2. The van der Waals surface area contributed by atoms with Gasteiger partial charge in [-0.1, -0.05) is 114 Å². The summed E-state index contributed by atoms with van der Waals surface area (Å²) in [5, 5.41) is 13.9. The standard InChI is InChI=1S/C41H48Cl2F3N3O6S.C40H47Cl2F3N4O5S/c1-53-25-26-54-23-6-4-8-35(50)7-3-2-5-24-55-39-28-38(47-34-19-21-49(22-20-34)56(51,52)41(44,45)46)36-27-31(13-18-37(36)48-39)40(29-9-14-32(42)15-10-29)30-11-16-33(43)17-12-30;1-2-23-53-24-6-20-46-37(50)7-4-3-5-25-54-38-27-36(47-33-18-21-49(22-19-33)55(51,52)40(43,44)45)34-26-30(12-17-35(34)48-38)39(28-8-13-31(41)14-9-28)29-10-15-32(42)16-11-29/h9-18,27-28,34,40H,2-8,19-26H2,1H3,(H,47,48);8-17,26-27,33,39H,2-7,18-25H2,1H3,(H,46,50)(H,47,48). The molecule has 10 rings (SSSR count). The molecule has 0 aliphatic carbocycles. The van der Waals surface area contributed by atoms with Crippen molar-refractivity contribution in [3.63, 3.8) is 0 Å². The highest BCUT2D eigenvalue weighted by molar-refractivity contribution is 7.90. The number of anilines is 2. The van der Waals surface area contributed by atoms with Crippen LogP contribution in [0.4, 0.5) is 37.7 Å². The number of nitrogens with one attached hydrogen (secondary N) is 3. The van der Waals surface area contributed by atoms with Crippen LogP contribution < -0.4 is 25.4 Å². The number of amides is 1. The van der Waals surface area contributed by atoms with Crippen LogP contribution in [-0.4, -0.2) is 156 Å². The van der Waals surface area contributed by atoms with Crippen molar-refractivity contribution in [3.8, 4) is 11.8 Å². The van der Waals surface area contributed by atoms with Crippen molar-refractivity contribution < 1.29 is 76.5 Å². The summed E-state index contributed by atoms with van der Waals surface area (Å²) in [5.74, 6) is 0.612. The number of sulfonamides is 2. The monoisotopic (exact) mass is 1660 g/mol. The van der Waals surface area contributed by atoms with Crippen LogP contribution in [-0.2, 0) is 43.8 Å². The molecule has 602 valence electrons. The zero-order valence-corrected chi connectivity index (χ0v) is 66.7. The van der Waals surface area contributed by atoms with E-state index in [0.29, 0.717) is 141 Å². The van der Waals surface area contributed by atoms with Crippen molar-refractivity contribution in [2.24, 2.45) is 0 Å². The van der Waals surface area contributed by atoms with Crippen LogP contribution >= 0.6 is 46.4 Å². The molecule has 18 nitrogen and oxygen atoms in total. The fourth-order valence-electron chi connectivity index (χ4n) is 13.3. The first-order valence-corrected chi connectivity index (χ1v) is 41.9. The van der Waals surface area contributed by atoms with E-state index in [2.05, 4.69) is 22.9 Å². The van der Waals surface area contributed by atoms with Crippen molar-refractivity contribution in [1.82, 2.24) is 23.9 Å². The summed E-state index contributed by atoms with van der Waals surface area (Å²) in [7, 11) is -9.19. The number of Topliss-reactive ketones (excluding diaryl/α,β-unsaturated/α-hetero) is 1. The third-order valence-electron chi connectivity index (χ3n) is 19.2. The topological polar surface area (TPSA) is 217 Å². The second kappa shape index (κ2) is 42.9. The Morgan fingerprint density at radius 2 is 0.820 bits per heavy atom. The lowest BCUT2D eigenvalue weighted by Gasteiger charge is -2.32. The van der Waals surface area contributed by atoms with Crippen LogP contribution in [0, 0.1) is 0 Å². The summed E-state index contributed by atoms with van der Waals surface area (Å²) in [5.41, 5.74) is -2.16. The fraction of sp³-hybridized carbons (Fsp3) is 0.457. The van der Waals surface area contributed by atoms with E-state index in [1.54, 1.807) is 19.2 Å². The summed E-state index contributed by atoms with van der Waals surface area (Å²) in [4.78, 5) is 34.1. The Bertz CT molecular complexity index is 4420. The first-order chi connectivity index (χ1) is 53.2. The first kappa shape index (κ1) is 87.9. The lowest BCUT2D eigenvalue weighted by molar-refractivity contribution is -0.121.